The van der Waals surface area contributed by atoms with Gasteiger partial charge in [-0.2, -0.15) is 0 Å². The van der Waals surface area contributed by atoms with Gasteiger partial charge in [0.1, 0.15) is 0 Å². The highest BCUT2D eigenvalue weighted by Gasteiger charge is 2.15. The van der Waals surface area contributed by atoms with E-state index in [1.807, 2.05) is 0 Å². The van der Waals surface area contributed by atoms with E-state index in [0.29, 0.717) is 0 Å². The molecule has 1 radical (unpaired) electrons. The highest BCUT2D eigenvalue weighted by Crippen LogP contribution is 2.20. The van der Waals surface area contributed by atoms with E-state index in [4.69, 9.17) is 0 Å². The summed E-state index contributed by atoms with van der Waals surface area (Å²) in [7, 11) is 0. The van der Waals surface area contributed by atoms with Crippen LogP contribution < -0.4 is 10.6 Å². The van der Waals surface area contributed by atoms with Crippen LogP contribution in [0.25, 0.3) is 0 Å². The molecular weight excluding hydrogens is 184 g/mol. The SMILES string of the molecule is [CH](CCC1CCCCN1)C1CCNCC1. The summed E-state index contributed by atoms with van der Waals surface area (Å²) in [6.07, 6.45) is 12.2. The van der Waals surface area contributed by atoms with E-state index in [1.54, 1.807) is 0 Å². The lowest BCUT2D eigenvalue weighted by Gasteiger charge is -2.25. The first-order valence-electron chi connectivity index (χ1n) is 6.72. The molecule has 0 bridgehead atoms. The zero-order chi connectivity index (χ0) is 10.3. The summed E-state index contributed by atoms with van der Waals surface area (Å²) in [6, 6.07) is 0.816. The summed E-state index contributed by atoms with van der Waals surface area (Å²) >= 11 is 0. The average Bonchev–Trinajstić information content (AvgIpc) is 2.32. The van der Waals surface area contributed by atoms with Crippen LogP contribution in [0.3, 0.4) is 0 Å². The van der Waals surface area contributed by atoms with Crippen molar-refractivity contribution < 1.29 is 0 Å². The van der Waals surface area contributed by atoms with E-state index >= 15 is 0 Å². The van der Waals surface area contributed by atoms with Crippen molar-refractivity contribution in [3.8, 4) is 0 Å². The van der Waals surface area contributed by atoms with Gasteiger partial charge in [-0.05, 0) is 70.5 Å². The second kappa shape index (κ2) is 6.49. The molecule has 0 aromatic carbocycles. The van der Waals surface area contributed by atoms with Gasteiger partial charge in [0.05, 0.1) is 0 Å². The van der Waals surface area contributed by atoms with Crippen molar-refractivity contribution in [2.45, 2.75) is 51.0 Å². The molecule has 0 spiro atoms. The molecule has 2 rings (SSSR count). The minimum absolute atomic E-state index is 0.816. The van der Waals surface area contributed by atoms with Crippen molar-refractivity contribution in [1.82, 2.24) is 10.6 Å². The molecule has 1 unspecified atom stereocenters. The maximum absolute atomic E-state index is 3.62. The van der Waals surface area contributed by atoms with Gasteiger partial charge in [0.15, 0.2) is 0 Å². The van der Waals surface area contributed by atoms with Gasteiger partial charge in [0.25, 0.3) is 0 Å². The first-order chi connectivity index (χ1) is 7.45. The summed E-state index contributed by atoms with van der Waals surface area (Å²) in [5.41, 5.74) is 0. The predicted octanol–water partition coefficient (Wildman–Crippen LogP) is 2.11. The van der Waals surface area contributed by atoms with Gasteiger partial charge in [-0.1, -0.05) is 6.42 Å². The average molecular weight is 209 g/mol. The van der Waals surface area contributed by atoms with Gasteiger partial charge in [0.2, 0.25) is 0 Å². The van der Waals surface area contributed by atoms with E-state index in [-0.39, 0.29) is 0 Å². The molecule has 2 saturated heterocycles. The van der Waals surface area contributed by atoms with Gasteiger partial charge in [-0.15, -0.1) is 0 Å². The standard InChI is InChI=1S/C13H25N2/c1-2-9-15-13(5-1)6-3-4-12-7-10-14-11-8-12/h4,12-15H,1-3,5-11H2. The molecule has 87 valence electrons. The van der Waals surface area contributed by atoms with Crippen LogP contribution in [0.1, 0.15) is 44.9 Å². The molecule has 0 aromatic rings. The van der Waals surface area contributed by atoms with Crippen molar-refractivity contribution in [2.24, 2.45) is 5.92 Å². The fourth-order valence-corrected chi connectivity index (χ4v) is 2.78. The minimum Gasteiger partial charge on any atom is -0.317 e. The van der Waals surface area contributed by atoms with E-state index in [9.17, 15) is 0 Å². The Balaban J connectivity index is 1.53. The van der Waals surface area contributed by atoms with Crippen molar-refractivity contribution in [3.63, 3.8) is 0 Å². The zero-order valence-electron chi connectivity index (χ0n) is 9.80. The van der Waals surface area contributed by atoms with Gasteiger partial charge < -0.3 is 10.6 Å². The third-order valence-electron chi connectivity index (χ3n) is 3.81. The van der Waals surface area contributed by atoms with Gasteiger partial charge in [-0.25, -0.2) is 0 Å². The monoisotopic (exact) mass is 209 g/mol. The van der Waals surface area contributed by atoms with Crippen LogP contribution in [0.5, 0.6) is 0 Å². The Hall–Kier alpha value is -0.0800. The number of rotatable bonds is 4. The molecule has 1 atom stereocenters. The Labute approximate surface area is 94.2 Å². The third kappa shape index (κ3) is 4.12. The Kier molecular flexibility index (Phi) is 4.94. The van der Waals surface area contributed by atoms with Crippen molar-refractivity contribution >= 4 is 0 Å². The normalized spacial score (nSPS) is 29.2. The second-order valence-electron chi connectivity index (χ2n) is 5.05. The highest BCUT2D eigenvalue weighted by atomic mass is 14.9. The first kappa shape index (κ1) is 11.4. The Morgan fingerprint density at radius 3 is 2.60 bits per heavy atom. The van der Waals surface area contributed by atoms with Crippen LogP contribution in [0.2, 0.25) is 0 Å². The number of nitrogens with one attached hydrogen (secondary N) is 2. The third-order valence-corrected chi connectivity index (χ3v) is 3.81. The van der Waals surface area contributed by atoms with Crippen LogP contribution in [-0.4, -0.2) is 25.7 Å². The van der Waals surface area contributed by atoms with Crippen LogP contribution in [0.4, 0.5) is 0 Å². The number of piperidine rings is 2. The summed E-state index contributed by atoms with van der Waals surface area (Å²) in [4.78, 5) is 0. The van der Waals surface area contributed by atoms with E-state index in [1.165, 1.54) is 64.6 Å². The molecule has 2 heterocycles. The number of hydrogen-bond acceptors (Lipinski definition) is 2. The molecular formula is C13H25N2. The number of hydrogen-bond donors (Lipinski definition) is 2. The molecule has 2 fully saturated rings. The van der Waals surface area contributed by atoms with Crippen LogP contribution in [0, 0.1) is 12.3 Å². The lowest BCUT2D eigenvalue weighted by atomic mass is 9.90. The fourth-order valence-electron chi connectivity index (χ4n) is 2.78. The fraction of sp³-hybridized carbons (Fsp3) is 0.923. The van der Waals surface area contributed by atoms with Gasteiger partial charge >= 0.3 is 0 Å². The maximum atomic E-state index is 3.62. The lowest BCUT2D eigenvalue weighted by Crippen LogP contribution is -2.34. The molecule has 0 aliphatic carbocycles. The predicted molar refractivity (Wildman–Crippen MR) is 64.8 cm³/mol. The molecule has 2 aliphatic rings. The largest absolute Gasteiger partial charge is 0.317 e. The quantitative estimate of drug-likeness (QED) is 0.741. The first-order valence-corrected chi connectivity index (χ1v) is 6.72. The van der Waals surface area contributed by atoms with Crippen molar-refractivity contribution in [1.29, 1.82) is 0 Å². The van der Waals surface area contributed by atoms with E-state index in [2.05, 4.69) is 17.1 Å². The van der Waals surface area contributed by atoms with Gasteiger partial charge in [-0.3, -0.25) is 0 Å². The molecule has 15 heavy (non-hydrogen) atoms. The van der Waals surface area contributed by atoms with Gasteiger partial charge in [0, 0.05) is 6.04 Å². The molecule has 0 aromatic heterocycles. The molecule has 2 N–H and O–H groups in total. The summed E-state index contributed by atoms with van der Waals surface area (Å²) in [5, 5.41) is 7.05. The summed E-state index contributed by atoms with van der Waals surface area (Å²) in [6.45, 7) is 3.70. The van der Waals surface area contributed by atoms with Crippen LogP contribution in [-0.2, 0) is 0 Å². The van der Waals surface area contributed by atoms with Crippen molar-refractivity contribution in [2.75, 3.05) is 19.6 Å². The Bertz CT molecular complexity index is 140. The lowest BCUT2D eigenvalue weighted by molar-refractivity contribution is 0.363. The van der Waals surface area contributed by atoms with Crippen LogP contribution >= 0.6 is 0 Å². The van der Waals surface area contributed by atoms with E-state index < -0.39 is 0 Å². The smallest absolute Gasteiger partial charge is 0.00671 e. The second-order valence-corrected chi connectivity index (χ2v) is 5.05. The molecule has 2 nitrogen and oxygen atoms in total. The maximum Gasteiger partial charge on any atom is 0.00671 e. The van der Waals surface area contributed by atoms with E-state index in [0.717, 1.165) is 12.0 Å². The Morgan fingerprint density at radius 1 is 1.00 bits per heavy atom. The topological polar surface area (TPSA) is 24.1 Å². The molecule has 2 aliphatic heterocycles. The van der Waals surface area contributed by atoms with Crippen molar-refractivity contribution in [3.05, 3.63) is 6.42 Å². The Morgan fingerprint density at radius 2 is 1.87 bits per heavy atom. The highest BCUT2D eigenvalue weighted by molar-refractivity contribution is 4.83. The zero-order valence-corrected chi connectivity index (χ0v) is 9.80. The molecule has 2 heteroatoms. The summed E-state index contributed by atoms with van der Waals surface area (Å²) < 4.78 is 0. The molecule has 0 saturated carbocycles. The van der Waals surface area contributed by atoms with Crippen LogP contribution in [0.15, 0.2) is 0 Å². The molecule has 0 amide bonds. The minimum atomic E-state index is 0.816. The summed E-state index contributed by atoms with van der Waals surface area (Å²) in [5.74, 6) is 0.898.